The van der Waals surface area contributed by atoms with Crippen molar-refractivity contribution in [3.63, 3.8) is 0 Å². The van der Waals surface area contributed by atoms with Crippen LogP contribution in [0, 0.1) is 6.92 Å². The number of carboxylic acid groups (broad SMARTS) is 1. The van der Waals surface area contributed by atoms with Crippen LogP contribution in [-0.4, -0.2) is 48.7 Å². The lowest BCUT2D eigenvalue weighted by molar-refractivity contribution is -0.137. The SMILES string of the molecule is CCc1cc(C(=O)N(CCOC)CC(=O)O)sc1C. The second kappa shape index (κ2) is 7.25. The van der Waals surface area contributed by atoms with Gasteiger partial charge in [-0.3, -0.25) is 9.59 Å². The summed E-state index contributed by atoms with van der Waals surface area (Å²) in [5.41, 5.74) is 1.13. The van der Waals surface area contributed by atoms with Gasteiger partial charge >= 0.3 is 5.97 Å². The number of aryl methyl sites for hydroxylation is 2. The summed E-state index contributed by atoms with van der Waals surface area (Å²) in [4.78, 5) is 26.1. The fourth-order valence-electron chi connectivity index (χ4n) is 1.75. The van der Waals surface area contributed by atoms with Crippen molar-refractivity contribution in [1.82, 2.24) is 4.90 Å². The second-order valence-electron chi connectivity index (χ2n) is 4.16. The quantitative estimate of drug-likeness (QED) is 0.829. The average Bonchev–Trinajstić information content (AvgIpc) is 2.74. The van der Waals surface area contributed by atoms with Crippen molar-refractivity contribution in [2.24, 2.45) is 0 Å². The molecule has 5 nitrogen and oxygen atoms in total. The molecule has 1 heterocycles. The van der Waals surface area contributed by atoms with Crippen molar-refractivity contribution in [1.29, 1.82) is 0 Å². The number of carbonyl (C=O) groups is 2. The summed E-state index contributed by atoms with van der Waals surface area (Å²) in [6, 6.07) is 1.85. The van der Waals surface area contributed by atoms with Crippen LogP contribution in [0.15, 0.2) is 6.07 Å². The molecular formula is C13H19NO4S. The van der Waals surface area contributed by atoms with Crippen LogP contribution in [0.3, 0.4) is 0 Å². The lowest BCUT2D eigenvalue weighted by Crippen LogP contribution is -2.37. The van der Waals surface area contributed by atoms with Gasteiger partial charge in [-0.25, -0.2) is 0 Å². The number of methoxy groups -OCH3 is 1. The Morgan fingerprint density at radius 2 is 2.16 bits per heavy atom. The summed E-state index contributed by atoms with van der Waals surface area (Å²) < 4.78 is 4.91. The number of ether oxygens (including phenoxy) is 1. The van der Waals surface area contributed by atoms with Gasteiger partial charge in [-0.2, -0.15) is 0 Å². The van der Waals surface area contributed by atoms with E-state index >= 15 is 0 Å². The molecule has 0 aliphatic carbocycles. The van der Waals surface area contributed by atoms with Gasteiger partial charge in [-0.05, 0) is 25.0 Å². The third kappa shape index (κ3) is 4.33. The van der Waals surface area contributed by atoms with Crippen LogP contribution in [0.5, 0.6) is 0 Å². The molecule has 0 spiro atoms. The minimum atomic E-state index is -1.02. The Hall–Kier alpha value is -1.40. The second-order valence-corrected chi connectivity index (χ2v) is 5.42. The summed E-state index contributed by atoms with van der Waals surface area (Å²) in [6.07, 6.45) is 0.868. The molecule has 19 heavy (non-hydrogen) atoms. The van der Waals surface area contributed by atoms with E-state index < -0.39 is 5.97 Å². The molecule has 1 rings (SSSR count). The maximum absolute atomic E-state index is 12.3. The largest absolute Gasteiger partial charge is 0.480 e. The summed E-state index contributed by atoms with van der Waals surface area (Å²) in [7, 11) is 1.52. The smallest absolute Gasteiger partial charge is 0.323 e. The highest BCUT2D eigenvalue weighted by Crippen LogP contribution is 2.23. The molecular weight excluding hydrogens is 266 g/mol. The Kier molecular flexibility index (Phi) is 5.98. The zero-order chi connectivity index (χ0) is 14.4. The van der Waals surface area contributed by atoms with Crippen molar-refractivity contribution in [3.8, 4) is 0 Å². The predicted octanol–water partition coefficient (Wildman–Crippen LogP) is 1.79. The Balaban J connectivity index is 2.87. The van der Waals surface area contributed by atoms with Gasteiger partial charge in [0.05, 0.1) is 11.5 Å². The normalized spacial score (nSPS) is 10.5. The molecule has 1 amide bonds. The highest BCUT2D eigenvalue weighted by atomic mass is 32.1. The molecule has 0 unspecified atom stereocenters. The molecule has 0 bridgehead atoms. The number of aliphatic carboxylic acids is 1. The molecule has 0 saturated heterocycles. The minimum absolute atomic E-state index is 0.243. The lowest BCUT2D eigenvalue weighted by Gasteiger charge is -2.19. The summed E-state index contributed by atoms with van der Waals surface area (Å²) in [5, 5.41) is 8.85. The van der Waals surface area contributed by atoms with Gasteiger partial charge in [0.15, 0.2) is 0 Å². The van der Waals surface area contributed by atoms with Crippen LogP contribution in [0.1, 0.15) is 27.0 Å². The lowest BCUT2D eigenvalue weighted by atomic mass is 10.2. The molecule has 0 saturated carbocycles. The van der Waals surface area contributed by atoms with E-state index in [1.54, 1.807) is 0 Å². The number of hydrogen-bond acceptors (Lipinski definition) is 4. The Labute approximate surface area is 116 Å². The summed E-state index contributed by atoms with van der Waals surface area (Å²) >= 11 is 1.41. The van der Waals surface area contributed by atoms with Gasteiger partial charge in [0.25, 0.3) is 5.91 Å². The standard InChI is InChI=1S/C13H19NO4S/c1-4-10-7-11(19-9(10)2)13(17)14(5-6-18-3)8-12(15)16/h7H,4-6,8H2,1-3H3,(H,15,16). The molecule has 0 aliphatic rings. The monoisotopic (exact) mass is 285 g/mol. The zero-order valence-electron chi connectivity index (χ0n) is 11.4. The molecule has 0 radical (unpaired) electrons. The van der Waals surface area contributed by atoms with Gasteiger partial charge in [-0.1, -0.05) is 6.92 Å². The molecule has 1 N–H and O–H groups in total. The van der Waals surface area contributed by atoms with E-state index in [0.29, 0.717) is 11.5 Å². The molecule has 0 atom stereocenters. The summed E-state index contributed by atoms with van der Waals surface area (Å²) in [5.74, 6) is -1.26. The van der Waals surface area contributed by atoms with Crippen molar-refractivity contribution in [2.75, 3.05) is 26.8 Å². The average molecular weight is 285 g/mol. The number of hydrogen-bond donors (Lipinski definition) is 1. The van der Waals surface area contributed by atoms with Crippen LogP contribution in [0.4, 0.5) is 0 Å². The fourth-order valence-corrected chi connectivity index (χ4v) is 2.83. The van der Waals surface area contributed by atoms with Crippen LogP contribution in [-0.2, 0) is 16.0 Å². The third-order valence-electron chi connectivity index (χ3n) is 2.79. The van der Waals surface area contributed by atoms with Gasteiger partial charge < -0.3 is 14.7 Å². The van der Waals surface area contributed by atoms with Crippen molar-refractivity contribution in [2.45, 2.75) is 20.3 Å². The molecule has 0 aromatic carbocycles. The molecule has 106 valence electrons. The first kappa shape index (κ1) is 15.7. The van der Waals surface area contributed by atoms with Gasteiger partial charge in [0.2, 0.25) is 0 Å². The van der Waals surface area contributed by atoms with Crippen LogP contribution in [0.2, 0.25) is 0 Å². The molecule has 0 fully saturated rings. The number of rotatable bonds is 7. The van der Waals surface area contributed by atoms with Gasteiger partial charge in [0, 0.05) is 18.5 Å². The number of thiophene rings is 1. The minimum Gasteiger partial charge on any atom is -0.480 e. The number of amides is 1. The van der Waals surface area contributed by atoms with E-state index in [2.05, 4.69) is 0 Å². The Bertz CT molecular complexity index is 455. The zero-order valence-corrected chi connectivity index (χ0v) is 12.2. The topological polar surface area (TPSA) is 66.8 Å². The maximum Gasteiger partial charge on any atom is 0.323 e. The van der Waals surface area contributed by atoms with Crippen molar-refractivity contribution in [3.05, 3.63) is 21.4 Å². The molecule has 1 aromatic heterocycles. The third-order valence-corrected chi connectivity index (χ3v) is 3.87. The molecule has 0 aliphatic heterocycles. The molecule has 1 aromatic rings. The van der Waals surface area contributed by atoms with E-state index in [9.17, 15) is 9.59 Å². The van der Waals surface area contributed by atoms with Crippen LogP contribution < -0.4 is 0 Å². The number of carboxylic acids is 1. The van der Waals surface area contributed by atoms with E-state index in [1.807, 2.05) is 19.9 Å². The first-order valence-corrected chi connectivity index (χ1v) is 6.90. The van der Waals surface area contributed by atoms with Crippen molar-refractivity contribution >= 4 is 23.2 Å². The van der Waals surface area contributed by atoms with E-state index in [0.717, 1.165) is 16.9 Å². The maximum atomic E-state index is 12.3. The van der Waals surface area contributed by atoms with Crippen LogP contribution in [0.25, 0.3) is 0 Å². The highest BCUT2D eigenvalue weighted by molar-refractivity contribution is 7.14. The van der Waals surface area contributed by atoms with E-state index in [4.69, 9.17) is 9.84 Å². The van der Waals surface area contributed by atoms with Gasteiger partial charge in [0.1, 0.15) is 6.54 Å². The predicted molar refractivity (Wildman–Crippen MR) is 73.8 cm³/mol. The Morgan fingerprint density at radius 3 is 2.63 bits per heavy atom. The fraction of sp³-hybridized carbons (Fsp3) is 0.538. The van der Waals surface area contributed by atoms with Crippen LogP contribution >= 0.6 is 11.3 Å². The number of carbonyl (C=O) groups excluding carboxylic acids is 1. The van der Waals surface area contributed by atoms with Gasteiger partial charge in [-0.15, -0.1) is 11.3 Å². The number of nitrogens with zero attached hydrogens (tertiary/aromatic N) is 1. The first-order chi connectivity index (χ1) is 8.99. The highest BCUT2D eigenvalue weighted by Gasteiger charge is 2.20. The van der Waals surface area contributed by atoms with Crippen molar-refractivity contribution < 1.29 is 19.4 Å². The summed E-state index contributed by atoms with van der Waals surface area (Å²) in [6.45, 7) is 4.30. The first-order valence-electron chi connectivity index (χ1n) is 6.08. The molecule has 6 heteroatoms. The van der Waals surface area contributed by atoms with E-state index in [-0.39, 0.29) is 19.0 Å². The van der Waals surface area contributed by atoms with E-state index in [1.165, 1.54) is 23.3 Å². The Morgan fingerprint density at radius 1 is 1.47 bits per heavy atom.